The Morgan fingerprint density at radius 3 is 2.36 bits per heavy atom. The minimum Gasteiger partial charge on any atom is -0.411 e. The highest BCUT2D eigenvalue weighted by Gasteiger charge is 2.32. The van der Waals surface area contributed by atoms with Gasteiger partial charge in [0.2, 0.25) is 0 Å². The molecule has 0 aromatic heterocycles. The molecular weight excluding hydrogens is 293 g/mol. The van der Waals surface area contributed by atoms with Crippen LogP contribution in [0.4, 0.5) is 18.9 Å². The molecular formula is C16H23F3N2O. The van der Waals surface area contributed by atoms with Gasteiger partial charge in [0.25, 0.3) is 0 Å². The molecule has 0 amide bonds. The Kier molecular flexibility index (Phi) is 6.26. The maximum atomic E-state index is 12.6. The average molecular weight is 316 g/mol. The van der Waals surface area contributed by atoms with Gasteiger partial charge in [-0.1, -0.05) is 32.9 Å². The molecule has 1 aliphatic rings. The van der Waals surface area contributed by atoms with Gasteiger partial charge in [-0.3, -0.25) is 0 Å². The topological polar surface area (TPSA) is 44.6 Å². The van der Waals surface area contributed by atoms with E-state index in [1.807, 2.05) is 6.92 Å². The van der Waals surface area contributed by atoms with Gasteiger partial charge in [-0.05, 0) is 30.5 Å². The summed E-state index contributed by atoms with van der Waals surface area (Å²) in [4.78, 5) is 0. The number of oxime groups is 1. The molecule has 0 spiro atoms. The van der Waals surface area contributed by atoms with Gasteiger partial charge in [0.1, 0.15) is 0 Å². The Morgan fingerprint density at radius 2 is 1.91 bits per heavy atom. The number of halogens is 3. The molecule has 0 aliphatic carbocycles. The summed E-state index contributed by atoms with van der Waals surface area (Å²) >= 11 is 0. The van der Waals surface area contributed by atoms with Crippen LogP contribution in [0.1, 0.15) is 51.7 Å². The van der Waals surface area contributed by atoms with Crippen molar-refractivity contribution >= 4 is 11.4 Å². The number of hydrogen-bond donors (Lipinski definition) is 2. The van der Waals surface area contributed by atoms with Gasteiger partial charge < -0.3 is 10.5 Å². The first-order valence-corrected chi connectivity index (χ1v) is 7.38. The zero-order chi connectivity index (χ0) is 16.9. The molecule has 0 radical (unpaired) electrons. The van der Waals surface area contributed by atoms with Crippen molar-refractivity contribution < 1.29 is 18.4 Å². The summed E-state index contributed by atoms with van der Waals surface area (Å²) in [5, 5.41) is 15.2. The summed E-state index contributed by atoms with van der Waals surface area (Å²) in [5.41, 5.74) is 0.451. The SMILES string of the molecule is CC(C)C.CC[C@@H]1C/C(=N\O)c2cc(C(F)(F)F)ccc2N1. The fourth-order valence-corrected chi connectivity index (χ4v) is 2.04. The fourth-order valence-electron chi connectivity index (χ4n) is 2.04. The first-order valence-electron chi connectivity index (χ1n) is 7.38. The second-order valence-electron chi connectivity index (χ2n) is 5.99. The molecule has 2 rings (SSSR count). The van der Waals surface area contributed by atoms with Crippen LogP contribution < -0.4 is 5.32 Å². The summed E-state index contributed by atoms with van der Waals surface area (Å²) in [6.07, 6.45) is -3.17. The van der Waals surface area contributed by atoms with E-state index < -0.39 is 11.7 Å². The van der Waals surface area contributed by atoms with E-state index in [9.17, 15) is 13.2 Å². The molecule has 6 heteroatoms. The van der Waals surface area contributed by atoms with E-state index in [0.29, 0.717) is 23.4 Å². The lowest BCUT2D eigenvalue weighted by Crippen LogP contribution is -2.29. The molecule has 1 aromatic carbocycles. The number of hydrogen-bond acceptors (Lipinski definition) is 3. The summed E-state index contributed by atoms with van der Waals surface area (Å²) in [7, 11) is 0. The van der Waals surface area contributed by atoms with Gasteiger partial charge in [0.15, 0.2) is 0 Å². The first-order chi connectivity index (χ1) is 10.2. The highest BCUT2D eigenvalue weighted by atomic mass is 19.4. The smallest absolute Gasteiger partial charge is 0.411 e. The van der Waals surface area contributed by atoms with Crippen LogP contribution in [0.15, 0.2) is 23.4 Å². The zero-order valence-corrected chi connectivity index (χ0v) is 13.3. The third-order valence-electron chi connectivity index (χ3n) is 3.07. The van der Waals surface area contributed by atoms with E-state index >= 15 is 0 Å². The van der Waals surface area contributed by atoms with Crippen molar-refractivity contribution in [3.05, 3.63) is 29.3 Å². The first kappa shape index (κ1) is 18.3. The van der Waals surface area contributed by atoms with Gasteiger partial charge in [0.05, 0.1) is 11.3 Å². The predicted molar refractivity (Wildman–Crippen MR) is 82.6 cm³/mol. The number of fused-ring (bicyclic) bond motifs is 1. The monoisotopic (exact) mass is 316 g/mol. The molecule has 0 saturated carbocycles. The Bertz CT molecular complexity index is 522. The van der Waals surface area contributed by atoms with Gasteiger partial charge in [-0.2, -0.15) is 13.2 Å². The third kappa shape index (κ3) is 4.93. The predicted octanol–water partition coefficient (Wildman–Crippen LogP) is 5.14. The van der Waals surface area contributed by atoms with Gasteiger partial charge in [-0.15, -0.1) is 0 Å². The quantitative estimate of drug-likeness (QED) is 0.556. The van der Waals surface area contributed by atoms with Crippen molar-refractivity contribution in [2.75, 3.05) is 5.32 Å². The standard InChI is InChI=1S/C12H13F3N2O.C4H10/c1-2-8-6-11(17-18)9-5-7(12(13,14)15)3-4-10(9)16-8;1-4(2)3/h3-5,8,16,18H,2,6H2,1H3;4H,1-3H3/b17-11+;/t8-;/m1./s1. The molecule has 1 heterocycles. The normalized spacial score (nSPS) is 19.3. The molecule has 0 saturated heterocycles. The van der Waals surface area contributed by atoms with Crippen LogP contribution in [0.3, 0.4) is 0 Å². The summed E-state index contributed by atoms with van der Waals surface area (Å²) in [6, 6.07) is 3.51. The summed E-state index contributed by atoms with van der Waals surface area (Å²) in [5.74, 6) is 0.833. The molecule has 1 aliphatic heterocycles. The van der Waals surface area contributed by atoms with E-state index in [1.54, 1.807) is 0 Å². The molecule has 1 atom stereocenters. The lowest BCUT2D eigenvalue weighted by Gasteiger charge is -2.27. The number of rotatable bonds is 1. The highest BCUT2D eigenvalue weighted by molar-refractivity contribution is 6.07. The minimum atomic E-state index is -4.39. The Hall–Kier alpha value is -1.72. The van der Waals surface area contributed by atoms with Crippen LogP contribution >= 0.6 is 0 Å². The van der Waals surface area contributed by atoms with E-state index in [2.05, 4.69) is 31.2 Å². The van der Waals surface area contributed by atoms with Crippen LogP contribution in [0.5, 0.6) is 0 Å². The van der Waals surface area contributed by atoms with Crippen molar-refractivity contribution in [2.45, 2.75) is 52.8 Å². The second kappa shape index (κ2) is 7.51. The average Bonchev–Trinajstić information content (AvgIpc) is 2.43. The van der Waals surface area contributed by atoms with E-state index in [0.717, 1.165) is 24.5 Å². The van der Waals surface area contributed by atoms with Crippen LogP contribution in [0.2, 0.25) is 0 Å². The van der Waals surface area contributed by atoms with E-state index in [4.69, 9.17) is 5.21 Å². The van der Waals surface area contributed by atoms with Crippen molar-refractivity contribution in [3.63, 3.8) is 0 Å². The molecule has 22 heavy (non-hydrogen) atoms. The molecule has 124 valence electrons. The maximum Gasteiger partial charge on any atom is 0.416 e. The molecule has 1 aromatic rings. The molecule has 2 N–H and O–H groups in total. The van der Waals surface area contributed by atoms with E-state index in [1.165, 1.54) is 6.07 Å². The van der Waals surface area contributed by atoms with Gasteiger partial charge in [-0.25, -0.2) is 0 Å². The lowest BCUT2D eigenvalue weighted by molar-refractivity contribution is -0.137. The molecule has 0 fully saturated rings. The largest absolute Gasteiger partial charge is 0.416 e. The van der Waals surface area contributed by atoms with Crippen LogP contribution in [0, 0.1) is 5.92 Å². The van der Waals surface area contributed by atoms with Gasteiger partial charge in [0, 0.05) is 23.7 Å². The highest BCUT2D eigenvalue weighted by Crippen LogP contribution is 2.34. The number of nitrogens with one attached hydrogen (secondary N) is 1. The number of benzene rings is 1. The Morgan fingerprint density at radius 1 is 1.32 bits per heavy atom. The molecule has 0 unspecified atom stereocenters. The van der Waals surface area contributed by atoms with Crippen molar-refractivity contribution in [1.29, 1.82) is 0 Å². The van der Waals surface area contributed by atoms with Crippen LogP contribution in [0.25, 0.3) is 0 Å². The van der Waals surface area contributed by atoms with Crippen LogP contribution in [-0.2, 0) is 6.18 Å². The summed E-state index contributed by atoms with van der Waals surface area (Å²) < 4.78 is 37.8. The Balaban J connectivity index is 0.000000541. The number of anilines is 1. The fraction of sp³-hybridized carbons (Fsp3) is 0.562. The van der Waals surface area contributed by atoms with Gasteiger partial charge >= 0.3 is 6.18 Å². The second-order valence-corrected chi connectivity index (χ2v) is 5.99. The van der Waals surface area contributed by atoms with Crippen molar-refractivity contribution in [2.24, 2.45) is 11.1 Å². The zero-order valence-electron chi connectivity index (χ0n) is 13.3. The van der Waals surface area contributed by atoms with Crippen molar-refractivity contribution in [1.82, 2.24) is 0 Å². The molecule has 0 bridgehead atoms. The van der Waals surface area contributed by atoms with E-state index in [-0.39, 0.29) is 6.04 Å². The van der Waals surface area contributed by atoms with Crippen LogP contribution in [-0.4, -0.2) is 17.0 Å². The number of nitrogens with zero attached hydrogens (tertiary/aromatic N) is 1. The lowest BCUT2D eigenvalue weighted by atomic mass is 9.93. The summed E-state index contributed by atoms with van der Waals surface area (Å²) in [6.45, 7) is 8.46. The van der Waals surface area contributed by atoms with Crippen molar-refractivity contribution in [3.8, 4) is 0 Å². The Labute approximate surface area is 129 Å². The third-order valence-corrected chi connectivity index (χ3v) is 3.07. The number of alkyl halides is 3. The maximum absolute atomic E-state index is 12.6. The minimum absolute atomic E-state index is 0.0835. The molecule has 3 nitrogen and oxygen atoms in total.